The van der Waals surface area contributed by atoms with Crippen LogP contribution in [0.5, 0.6) is 0 Å². The Balaban J connectivity index is 1.52. The van der Waals surface area contributed by atoms with Gasteiger partial charge in [0.05, 0.1) is 18.4 Å². The molecule has 9 heteroatoms. The van der Waals surface area contributed by atoms with Crippen LogP contribution in [-0.2, 0) is 17.0 Å². The van der Waals surface area contributed by atoms with E-state index in [0.717, 1.165) is 74.6 Å². The van der Waals surface area contributed by atoms with Gasteiger partial charge in [0, 0.05) is 12.5 Å². The van der Waals surface area contributed by atoms with Gasteiger partial charge in [0.1, 0.15) is 11.6 Å². The van der Waals surface area contributed by atoms with E-state index in [-0.39, 0.29) is 6.10 Å². The number of aryl methyl sites for hydroxylation is 1. The molecule has 2 aliphatic rings. The fourth-order valence-corrected chi connectivity index (χ4v) is 4.34. The molecule has 2 N–H and O–H groups in total. The van der Waals surface area contributed by atoms with Crippen LogP contribution in [-0.4, -0.2) is 55.7 Å². The third kappa shape index (κ3) is 4.04. The number of hydrogen-bond acceptors (Lipinski definition) is 7. The van der Waals surface area contributed by atoms with Gasteiger partial charge in [-0.3, -0.25) is 5.10 Å². The summed E-state index contributed by atoms with van der Waals surface area (Å²) >= 11 is 1.65. The van der Waals surface area contributed by atoms with Crippen LogP contribution in [0, 0.1) is 6.92 Å². The largest absolute Gasteiger partial charge is 0.376 e. The van der Waals surface area contributed by atoms with Crippen LogP contribution >= 0.6 is 11.8 Å². The monoisotopic (exact) mass is 363 g/mol. The molecule has 2 aromatic rings. The van der Waals surface area contributed by atoms with Crippen molar-refractivity contribution in [3.8, 4) is 0 Å². The van der Waals surface area contributed by atoms with Gasteiger partial charge in [0.15, 0.2) is 11.0 Å². The zero-order valence-electron chi connectivity index (χ0n) is 14.6. The number of nitrogens with one attached hydrogen (secondary N) is 2. The van der Waals surface area contributed by atoms with Crippen molar-refractivity contribution in [2.75, 3.05) is 19.7 Å². The first-order chi connectivity index (χ1) is 12.3. The van der Waals surface area contributed by atoms with Crippen molar-refractivity contribution in [2.24, 2.45) is 0 Å². The number of aromatic amines is 1. The van der Waals surface area contributed by atoms with Crippen LogP contribution in [0.15, 0.2) is 5.16 Å². The molecule has 8 nitrogen and oxygen atoms in total. The minimum atomic E-state index is 0.279. The fourth-order valence-electron chi connectivity index (χ4n) is 3.54. The molecule has 2 aliphatic heterocycles. The molecular weight excluding hydrogens is 338 g/mol. The smallest absolute Gasteiger partial charge is 0.191 e. The summed E-state index contributed by atoms with van der Waals surface area (Å²) in [6, 6.07) is 0. The van der Waals surface area contributed by atoms with Gasteiger partial charge in [-0.05, 0) is 45.7 Å². The molecule has 0 bridgehead atoms. The summed E-state index contributed by atoms with van der Waals surface area (Å²) in [5.41, 5.74) is 0. The fraction of sp³-hybridized carbons (Fsp3) is 0.750. The quantitative estimate of drug-likeness (QED) is 0.754. The molecule has 25 heavy (non-hydrogen) atoms. The topological polar surface area (TPSA) is 93.5 Å². The molecule has 4 heterocycles. The molecule has 2 saturated heterocycles. The Hall–Kier alpha value is -1.45. The van der Waals surface area contributed by atoms with Crippen LogP contribution in [0.4, 0.5) is 0 Å². The standard InChI is InChI=1S/C16H25N7OS/c1-11-18-14(20-19-11)10-25-16-22-21-15(12-4-6-17-7-5-12)23(16)9-13-3-2-8-24-13/h12-13,17H,2-10H2,1H3,(H,18,19,20). The lowest BCUT2D eigenvalue weighted by Gasteiger charge is -2.23. The Morgan fingerprint density at radius 2 is 2.12 bits per heavy atom. The van der Waals surface area contributed by atoms with Gasteiger partial charge in [-0.2, -0.15) is 5.10 Å². The van der Waals surface area contributed by atoms with Crippen molar-refractivity contribution in [1.29, 1.82) is 0 Å². The van der Waals surface area contributed by atoms with Crippen molar-refractivity contribution in [3.05, 3.63) is 17.5 Å². The van der Waals surface area contributed by atoms with E-state index < -0.39 is 0 Å². The highest BCUT2D eigenvalue weighted by molar-refractivity contribution is 7.98. The Labute approximate surface area is 151 Å². The maximum Gasteiger partial charge on any atom is 0.191 e. The van der Waals surface area contributed by atoms with Gasteiger partial charge in [0.2, 0.25) is 0 Å². The summed E-state index contributed by atoms with van der Waals surface area (Å²) in [5.74, 6) is 3.94. The lowest BCUT2D eigenvalue weighted by molar-refractivity contribution is 0.0936. The van der Waals surface area contributed by atoms with Crippen molar-refractivity contribution in [1.82, 2.24) is 35.3 Å². The van der Waals surface area contributed by atoms with Gasteiger partial charge in [-0.25, -0.2) is 4.98 Å². The summed E-state index contributed by atoms with van der Waals surface area (Å²) < 4.78 is 8.15. The third-order valence-electron chi connectivity index (χ3n) is 4.83. The van der Waals surface area contributed by atoms with Crippen LogP contribution in [0.2, 0.25) is 0 Å². The maximum absolute atomic E-state index is 5.86. The molecule has 0 aliphatic carbocycles. The number of thioether (sulfide) groups is 1. The van der Waals surface area contributed by atoms with Crippen molar-refractivity contribution in [2.45, 2.75) is 62.1 Å². The Morgan fingerprint density at radius 3 is 2.84 bits per heavy atom. The highest BCUT2D eigenvalue weighted by Gasteiger charge is 2.26. The van der Waals surface area contributed by atoms with Crippen molar-refractivity contribution >= 4 is 11.8 Å². The van der Waals surface area contributed by atoms with Gasteiger partial charge in [0.25, 0.3) is 0 Å². The second kappa shape index (κ2) is 7.84. The Morgan fingerprint density at radius 1 is 1.24 bits per heavy atom. The third-order valence-corrected chi connectivity index (χ3v) is 5.80. The lowest BCUT2D eigenvalue weighted by atomic mass is 9.97. The van der Waals surface area contributed by atoms with E-state index in [0.29, 0.717) is 11.7 Å². The molecule has 0 radical (unpaired) electrons. The minimum absolute atomic E-state index is 0.279. The van der Waals surface area contributed by atoms with Crippen LogP contribution < -0.4 is 5.32 Å². The first-order valence-electron chi connectivity index (χ1n) is 9.05. The van der Waals surface area contributed by atoms with E-state index in [1.807, 2.05) is 6.92 Å². The van der Waals surface area contributed by atoms with Crippen LogP contribution in [0.3, 0.4) is 0 Å². The lowest BCUT2D eigenvalue weighted by Crippen LogP contribution is -2.29. The van der Waals surface area contributed by atoms with E-state index >= 15 is 0 Å². The molecule has 2 fully saturated rings. The molecular formula is C16H25N7OS. The van der Waals surface area contributed by atoms with E-state index in [2.05, 4.69) is 35.3 Å². The number of aromatic nitrogens is 6. The number of hydrogen-bond donors (Lipinski definition) is 2. The average Bonchev–Trinajstić information content (AvgIpc) is 3.36. The maximum atomic E-state index is 5.86. The number of rotatable bonds is 6. The normalized spacial score (nSPS) is 21.9. The van der Waals surface area contributed by atoms with Gasteiger partial charge < -0.3 is 14.6 Å². The predicted octanol–water partition coefficient (Wildman–Crippen LogP) is 1.64. The zero-order chi connectivity index (χ0) is 17.1. The second-order valence-electron chi connectivity index (χ2n) is 6.74. The first-order valence-corrected chi connectivity index (χ1v) is 10.0. The van der Waals surface area contributed by atoms with Crippen LogP contribution in [0.25, 0.3) is 0 Å². The number of nitrogens with zero attached hydrogens (tertiary/aromatic N) is 5. The molecule has 4 rings (SSSR count). The van der Waals surface area contributed by atoms with Crippen molar-refractivity contribution < 1.29 is 4.74 Å². The highest BCUT2D eigenvalue weighted by atomic mass is 32.2. The molecule has 1 unspecified atom stereocenters. The first kappa shape index (κ1) is 17.0. The number of H-pyrrole nitrogens is 1. The Kier molecular flexibility index (Phi) is 5.33. The van der Waals surface area contributed by atoms with Gasteiger partial charge in [-0.15, -0.1) is 10.2 Å². The van der Waals surface area contributed by atoms with Gasteiger partial charge >= 0.3 is 0 Å². The van der Waals surface area contributed by atoms with Gasteiger partial charge in [-0.1, -0.05) is 11.8 Å². The molecule has 0 saturated carbocycles. The second-order valence-corrected chi connectivity index (χ2v) is 7.68. The van der Waals surface area contributed by atoms with Crippen molar-refractivity contribution in [3.63, 3.8) is 0 Å². The molecule has 0 spiro atoms. The minimum Gasteiger partial charge on any atom is -0.376 e. The summed E-state index contributed by atoms with van der Waals surface area (Å²) in [6.07, 6.45) is 4.78. The van der Waals surface area contributed by atoms with E-state index in [1.54, 1.807) is 11.8 Å². The Bertz CT molecular complexity index is 688. The number of ether oxygens (including phenoxy) is 1. The van der Waals surface area contributed by atoms with E-state index in [4.69, 9.17) is 4.74 Å². The van der Waals surface area contributed by atoms with E-state index in [9.17, 15) is 0 Å². The molecule has 1 atom stereocenters. The molecule has 136 valence electrons. The SMILES string of the molecule is Cc1nc(CSc2nnc(C3CCNCC3)n2CC2CCCO2)n[nH]1. The summed E-state index contributed by atoms with van der Waals surface area (Å²) in [5, 5.41) is 20.5. The summed E-state index contributed by atoms with van der Waals surface area (Å²) in [4.78, 5) is 4.38. The molecule has 2 aromatic heterocycles. The summed E-state index contributed by atoms with van der Waals surface area (Å²) in [6.45, 7) is 5.74. The zero-order valence-corrected chi connectivity index (χ0v) is 15.4. The number of piperidine rings is 1. The average molecular weight is 363 g/mol. The highest BCUT2D eigenvalue weighted by Crippen LogP contribution is 2.29. The van der Waals surface area contributed by atoms with Crippen LogP contribution in [0.1, 0.15) is 49.1 Å². The molecule has 0 amide bonds. The van der Waals surface area contributed by atoms with E-state index in [1.165, 1.54) is 0 Å². The predicted molar refractivity (Wildman–Crippen MR) is 94.5 cm³/mol. The molecule has 0 aromatic carbocycles. The summed E-state index contributed by atoms with van der Waals surface area (Å²) in [7, 11) is 0.